The molecule has 2 aromatic heterocycles. The molecule has 0 spiro atoms. The summed E-state index contributed by atoms with van der Waals surface area (Å²) in [7, 11) is 2.84. The van der Waals surface area contributed by atoms with E-state index in [0.29, 0.717) is 28.5 Å². The smallest absolute Gasteiger partial charge is 0.373 e. The lowest BCUT2D eigenvalue weighted by atomic mass is 10.2. The Labute approximate surface area is 171 Å². The molecule has 0 fully saturated rings. The van der Waals surface area contributed by atoms with Crippen molar-refractivity contribution in [2.75, 3.05) is 14.2 Å². The third-order valence-corrected chi connectivity index (χ3v) is 4.23. The molecule has 1 aromatic carbocycles. The van der Waals surface area contributed by atoms with Crippen LogP contribution >= 0.6 is 12.2 Å². The van der Waals surface area contributed by atoms with Gasteiger partial charge in [0, 0.05) is 6.42 Å². The first-order chi connectivity index (χ1) is 14.0. The number of nitrogens with zero attached hydrogens (tertiary/aromatic N) is 3. The summed E-state index contributed by atoms with van der Waals surface area (Å²) in [5.41, 5.74) is 0.797. The molecule has 3 rings (SSSR count). The number of carbonyl (C=O) groups is 1. The largest absolute Gasteiger partial charge is 0.493 e. The van der Waals surface area contributed by atoms with E-state index in [4.69, 9.17) is 26.1 Å². The van der Waals surface area contributed by atoms with Crippen LogP contribution in [0.15, 0.2) is 39.9 Å². The van der Waals surface area contributed by atoms with Crippen molar-refractivity contribution < 1.29 is 23.4 Å². The van der Waals surface area contributed by atoms with Crippen LogP contribution in [-0.4, -0.2) is 41.3 Å². The first-order valence-corrected chi connectivity index (χ1v) is 9.15. The Hall–Kier alpha value is -3.40. The monoisotopic (exact) mass is 416 g/mol. The van der Waals surface area contributed by atoms with E-state index < -0.39 is 5.97 Å². The Bertz CT molecular complexity index is 1080. The minimum atomic E-state index is -0.540. The molecule has 9 nitrogen and oxygen atoms in total. The number of aryl methyl sites for hydroxylation is 1. The number of rotatable bonds is 8. The van der Waals surface area contributed by atoms with Crippen LogP contribution in [0, 0.1) is 4.77 Å². The van der Waals surface area contributed by atoms with Gasteiger partial charge in [-0.25, -0.2) is 4.79 Å². The van der Waals surface area contributed by atoms with Gasteiger partial charge in [-0.05, 0) is 48.1 Å². The molecule has 152 valence electrons. The molecule has 0 bridgehead atoms. The number of methoxy groups -OCH3 is 2. The zero-order valence-electron chi connectivity index (χ0n) is 16.2. The number of hydrogen-bond donors (Lipinski definition) is 1. The van der Waals surface area contributed by atoms with Gasteiger partial charge in [0.15, 0.2) is 17.3 Å². The summed E-state index contributed by atoms with van der Waals surface area (Å²) in [5, 5.41) is 11.2. The summed E-state index contributed by atoms with van der Waals surface area (Å²) in [4.78, 5) is 11.4. The number of benzene rings is 1. The van der Waals surface area contributed by atoms with Crippen LogP contribution in [0.3, 0.4) is 0 Å². The van der Waals surface area contributed by atoms with Gasteiger partial charge in [0.1, 0.15) is 12.4 Å². The minimum Gasteiger partial charge on any atom is -0.493 e. The van der Waals surface area contributed by atoms with Gasteiger partial charge < -0.3 is 18.6 Å². The van der Waals surface area contributed by atoms with E-state index in [1.165, 1.54) is 13.2 Å². The summed E-state index contributed by atoms with van der Waals surface area (Å²) in [6.07, 6.45) is 2.36. The van der Waals surface area contributed by atoms with Crippen molar-refractivity contribution in [2.24, 2.45) is 5.10 Å². The first kappa shape index (κ1) is 20.3. The first-order valence-electron chi connectivity index (χ1n) is 8.74. The number of H-pyrrole nitrogens is 1. The van der Waals surface area contributed by atoms with Gasteiger partial charge in [0.25, 0.3) is 0 Å². The number of hydrogen-bond acceptors (Lipinski definition) is 8. The van der Waals surface area contributed by atoms with Gasteiger partial charge in [0.05, 0.1) is 20.4 Å². The topological polar surface area (TPSA) is 104 Å². The van der Waals surface area contributed by atoms with Crippen LogP contribution in [0.5, 0.6) is 11.5 Å². The van der Waals surface area contributed by atoms with E-state index in [2.05, 4.69) is 20.0 Å². The molecular formula is C19H20N4O5S. The highest BCUT2D eigenvalue weighted by Gasteiger charge is 2.12. The number of nitrogens with one attached hydrogen (secondary N) is 1. The molecular weight excluding hydrogens is 396 g/mol. The van der Waals surface area contributed by atoms with Crippen LogP contribution in [0.2, 0.25) is 0 Å². The summed E-state index contributed by atoms with van der Waals surface area (Å²) in [6, 6.07) is 8.57. The SMILES string of the molecule is CCc1n[nH]c(=S)n1/N=C\c1ccc(OCc2ccc(C(=O)OC)o2)c(OC)c1. The molecule has 3 aromatic rings. The van der Waals surface area contributed by atoms with Crippen molar-refractivity contribution in [3.05, 3.63) is 58.0 Å². The predicted molar refractivity (Wildman–Crippen MR) is 107 cm³/mol. The summed E-state index contributed by atoms with van der Waals surface area (Å²) in [5.74, 6) is 1.85. The Morgan fingerprint density at radius 2 is 2.14 bits per heavy atom. The molecule has 0 aliphatic rings. The zero-order valence-corrected chi connectivity index (χ0v) is 17.0. The number of aromatic nitrogens is 3. The van der Waals surface area contributed by atoms with Crippen LogP contribution in [0.4, 0.5) is 0 Å². The Morgan fingerprint density at radius 3 is 2.86 bits per heavy atom. The fourth-order valence-electron chi connectivity index (χ4n) is 2.49. The van der Waals surface area contributed by atoms with Gasteiger partial charge in [-0.3, -0.25) is 5.10 Å². The van der Waals surface area contributed by atoms with Gasteiger partial charge in [-0.15, -0.1) is 0 Å². The Balaban J connectivity index is 1.72. The quantitative estimate of drug-likeness (QED) is 0.341. The number of furan rings is 1. The Morgan fingerprint density at radius 1 is 1.31 bits per heavy atom. The third kappa shape index (κ3) is 4.72. The lowest BCUT2D eigenvalue weighted by Crippen LogP contribution is -2.00. The second kappa shape index (κ2) is 9.20. The van der Waals surface area contributed by atoms with E-state index in [9.17, 15) is 4.79 Å². The molecule has 0 aliphatic carbocycles. The molecule has 0 unspecified atom stereocenters. The van der Waals surface area contributed by atoms with Crippen LogP contribution in [0.25, 0.3) is 0 Å². The average Bonchev–Trinajstić information content (AvgIpc) is 3.36. The van der Waals surface area contributed by atoms with Crippen molar-refractivity contribution in [3.8, 4) is 11.5 Å². The third-order valence-electron chi connectivity index (χ3n) is 3.96. The van der Waals surface area contributed by atoms with Gasteiger partial charge in [-0.2, -0.15) is 14.9 Å². The molecule has 10 heteroatoms. The summed E-state index contributed by atoms with van der Waals surface area (Å²) < 4.78 is 23.1. The highest BCUT2D eigenvalue weighted by atomic mass is 32.1. The highest BCUT2D eigenvalue weighted by Crippen LogP contribution is 2.28. The van der Waals surface area contributed by atoms with Gasteiger partial charge in [-0.1, -0.05) is 6.92 Å². The van der Waals surface area contributed by atoms with E-state index >= 15 is 0 Å². The second-order valence-electron chi connectivity index (χ2n) is 5.81. The predicted octanol–water partition coefficient (Wildman–Crippen LogP) is 3.35. The molecule has 1 N–H and O–H groups in total. The maximum Gasteiger partial charge on any atom is 0.373 e. The maximum absolute atomic E-state index is 11.4. The maximum atomic E-state index is 11.4. The van der Waals surface area contributed by atoms with E-state index in [1.807, 2.05) is 13.0 Å². The van der Waals surface area contributed by atoms with Crippen molar-refractivity contribution >= 4 is 24.4 Å². The molecule has 2 heterocycles. The fourth-order valence-corrected chi connectivity index (χ4v) is 2.69. The zero-order chi connectivity index (χ0) is 20.8. The van der Waals surface area contributed by atoms with Crippen LogP contribution in [-0.2, 0) is 17.8 Å². The van der Waals surface area contributed by atoms with Crippen LogP contribution in [0.1, 0.15) is 34.6 Å². The molecule has 0 radical (unpaired) electrons. The highest BCUT2D eigenvalue weighted by molar-refractivity contribution is 7.71. The number of aromatic amines is 1. The van der Waals surface area contributed by atoms with E-state index in [0.717, 1.165) is 11.4 Å². The lowest BCUT2D eigenvalue weighted by Gasteiger charge is -2.10. The summed E-state index contributed by atoms with van der Waals surface area (Å²) >= 11 is 5.18. The van der Waals surface area contributed by atoms with E-state index in [-0.39, 0.29) is 12.4 Å². The second-order valence-corrected chi connectivity index (χ2v) is 6.20. The van der Waals surface area contributed by atoms with Crippen LogP contribution < -0.4 is 9.47 Å². The molecule has 29 heavy (non-hydrogen) atoms. The van der Waals surface area contributed by atoms with Crippen molar-refractivity contribution in [1.82, 2.24) is 14.9 Å². The fraction of sp³-hybridized carbons (Fsp3) is 0.263. The van der Waals surface area contributed by atoms with Gasteiger partial charge in [0.2, 0.25) is 10.5 Å². The number of esters is 1. The molecule has 0 atom stereocenters. The standard InChI is InChI=1S/C19H20N4O5S/c1-4-17-21-22-19(29)23(17)20-10-12-5-7-14(16(9-12)25-2)27-11-13-6-8-15(28-13)18(24)26-3/h5-10H,4,11H2,1-3H3,(H,22,29)/b20-10-. The van der Waals surface area contributed by atoms with Crippen molar-refractivity contribution in [1.29, 1.82) is 0 Å². The van der Waals surface area contributed by atoms with Gasteiger partial charge >= 0.3 is 5.97 Å². The summed E-state index contributed by atoms with van der Waals surface area (Å²) in [6.45, 7) is 2.10. The van der Waals surface area contributed by atoms with E-state index in [1.54, 1.807) is 36.2 Å². The number of carbonyl (C=O) groups excluding carboxylic acids is 1. The Kier molecular flexibility index (Phi) is 6.45. The van der Waals surface area contributed by atoms with Crippen molar-refractivity contribution in [3.63, 3.8) is 0 Å². The average molecular weight is 416 g/mol. The molecule has 0 amide bonds. The molecule has 0 saturated carbocycles. The number of ether oxygens (including phenoxy) is 3. The minimum absolute atomic E-state index is 0.119. The molecule has 0 aliphatic heterocycles. The normalized spacial score (nSPS) is 11.0. The lowest BCUT2D eigenvalue weighted by molar-refractivity contribution is 0.0561. The molecule has 0 saturated heterocycles. The van der Waals surface area contributed by atoms with Crippen molar-refractivity contribution in [2.45, 2.75) is 20.0 Å².